The van der Waals surface area contributed by atoms with Crippen LogP contribution in [0.1, 0.15) is 105 Å². The third kappa shape index (κ3) is 8.35. The SMILES string of the molecule is CCCCCCC(CC)C(C(=O)O)C(C(=O)O)(C(CC)CCCCCC)S(=O)(=O)O.N. The van der Waals surface area contributed by atoms with Gasteiger partial charge in [0.05, 0.1) is 5.92 Å². The summed E-state index contributed by atoms with van der Waals surface area (Å²) in [6.07, 6.45) is 8.01. The molecule has 4 unspecified atom stereocenters. The molecule has 0 rings (SSSR count). The smallest absolute Gasteiger partial charge is 0.328 e. The lowest BCUT2D eigenvalue weighted by molar-refractivity contribution is -0.157. The standard InChI is InChI=1S/C22H42O7S.H3N/c1-5-9-11-13-15-17(7-3)19(20(23)24)22(21(25)26,30(27,28)29)18(8-4)16-14-12-10-6-2;/h17-19H,5-16H2,1-4H3,(H,23,24)(H,25,26)(H,27,28,29);1H3. The predicted octanol–water partition coefficient (Wildman–Crippen LogP) is 5.55. The minimum Gasteiger partial charge on any atom is -0.481 e. The maximum Gasteiger partial charge on any atom is 0.328 e. The molecule has 0 aliphatic carbocycles. The van der Waals surface area contributed by atoms with Gasteiger partial charge in [-0.05, 0) is 24.7 Å². The molecule has 0 aliphatic heterocycles. The lowest BCUT2D eigenvalue weighted by Gasteiger charge is -2.41. The van der Waals surface area contributed by atoms with Crippen molar-refractivity contribution in [2.45, 2.75) is 109 Å². The molecule has 0 aromatic rings. The molecule has 0 amide bonds. The van der Waals surface area contributed by atoms with Crippen LogP contribution in [0.5, 0.6) is 0 Å². The van der Waals surface area contributed by atoms with Gasteiger partial charge >= 0.3 is 11.9 Å². The Morgan fingerprint density at radius 3 is 1.61 bits per heavy atom. The lowest BCUT2D eigenvalue weighted by atomic mass is 9.69. The fourth-order valence-corrected chi connectivity index (χ4v) is 6.30. The van der Waals surface area contributed by atoms with E-state index in [4.69, 9.17) is 0 Å². The number of carbonyl (C=O) groups is 2. The summed E-state index contributed by atoms with van der Waals surface area (Å²) in [6.45, 7) is 7.49. The Morgan fingerprint density at radius 1 is 0.806 bits per heavy atom. The van der Waals surface area contributed by atoms with E-state index in [0.29, 0.717) is 25.7 Å². The normalized spacial score (nSPS) is 16.5. The Kier molecular flexibility index (Phi) is 16.1. The highest BCUT2D eigenvalue weighted by Crippen LogP contribution is 2.45. The molecule has 0 aliphatic rings. The second-order valence-electron chi connectivity index (χ2n) is 8.36. The van der Waals surface area contributed by atoms with Crippen LogP contribution in [-0.2, 0) is 19.7 Å². The molecule has 0 heterocycles. The quantitative estimate of drug-likeness (QED) is 0.150. The second kappa shape index (κ2) is 15.6. The van der Waals surface area contributed by atoms with Crippen molar-refractivity contribution < 1.29 is 32.8 Å². The topological polar surface area (TPSA) is 164 Å². The van der Waals surface area contributed by atoms with E-state index in [1.807, 2.05) is 6.92 Å². The molecular weight excluding hydrogens is 422 g/mol. The van der Waals surface area contributed by atoms with Gasteiger partial charge in [0.1, 0.15) is 0 Å². The highest BCUT2D eigenvalue weighted by Gasteiger charge is 2.64. The van der Waals surface area contributed by atoms with Crippen molar-refractivity contribution in [3.63, 3.8) is 0 Å². The summed E-state index contributed by atoms with van der Waals surface area (Å²) in [7, 11) is -5.19. The first kappa shape index (κ1) is 32.0. The van der Waals surface area contributed by atoms with Crippen LogP contribution in [0.4, 0.5) is 0 Å². The minimum atomic E-state index is -5.19. The molecule has 0 aromatic carbocycles. The zero-order valence-corrected chi connectivity index (χ0v) is 20.6. The first-order chi connectivity index (χ1) is 14.1. The third-order valence-corrected chi connectivity index (χ3v) is 8.03. The lowest BCUT2D eigenvalue weighted by Crippen LogP contribution is -2.61. The van der Waals surface area contributed by atoms with Gasteiger partial charge < -0.3 is 16.4 Å². The van der Waals surface area contributed by atoms with E-state index in [2.05, 4.69) is 6.92 Å². The summed E-state index contributed by atoms with van der Waals surface area (Å²) in [5.41, 5.74) is 0. The van der Waals surface area contributed by atoms with Crippen molar-refractivity contribution in [2.24, 2.45) is 17.8 Å². The molecule has 0 spiro atoms. The van der Waals surface area contributed by atoms with Crippen molar-refractivity contribution in [1.29, 1.82) is 0 Å². The van der Waals surface area contributed by atoms with Crippen LogP contribution in [0.15, 0.2) is 0 Å². The van der Waals surface area contributed by atoms with E-state index in [1.165, 1.54) is 0 Å². The van der Waals surface area contributed by atoms with Crippen molar-refractivity contribution in [3.8, 4) is 0 Å². The van der Waals surface area contributed by atoms with Crippen LogP contribution in [0.3, 0.4) is 0 Å². The maximum absolute atomic E-state index is 12.6. The fraction of sp³-hybridized carbons (Fsp3) is 0.909. The van der Waals surface area contributed by atoms with Crippen LogP contribution in [-0.4, -0.2) is 39.9 Å². The summed E-state index contributed by atoms with van der Waals surface area (Å²) in [6, 6.07) is 0. The fourth-order valence-electron chi connectivity index (χ4n) is 4.76. The molecule has 0 radical (unpaired) electrons. The molecular formula is C22H45NO7S. The van der Waals surface area contributed by atoms with Crippen LogP contribution < -0.4 is 6.15 Å². The summed E-state index contributed by atoms with van der Waals surface area (Å²) >= 11 is 0. The number of hydrogen-bond donors (Lipinski definition) is 4. The summed E-state index contributed by atoms with van der Waals surface area (Å²) in [4.78, 5) is 24.8. The zero-order chi connectivity index (χ0) is 23.4. The van der Waals surface area contributed by atoms with Crippen LogP contribution in [0, 0.1) is 17.8 Å². The Bertz CT molecular complexity index is 623. The van der Waals surface area contributed by atoms with Crippen LogP contribution >= 0.6 is 0 Å². The monoisotopic (exact) mass is 467 g/mol. The molecule has 186 valence electrons. The third-order valence-electron chi connectivity index (χ3n) is 6.42. The maximum atomic E-state index is 12.6. The van der Waals surface area contributed by atoms with Crippen molar-refractivity contribution >= 4 is 22.1 Å². The Labute approximate surface area is 188 Å². The molecule has 4 atom stereocenters. The van der Waals surface area contributed by atoms with Gasteiger partial charge in [-0.15, -0.1) is 0 Å². The number of carboxylic acids is 2. The number of rotatable bonds is 18. The number of hydrogen-bond acceptors (Lipinski definition) is 5. The van der Waals surface area contributed by atoms with Gasteiger partial charge in [-0.3, -0.25) is 14.1 Å². The van der Waals surface area contributed by atoms with Gasteiger partial charge in [0, 0.05) is 0 Å². The molecule has 0 aromatic heterocycles. The molecule has 0 fully saturated rings. The highest BCUT2D eigenvalue weighted by atomic mass is 32.2. The summed E-state index contributed by atoms with van der Waals surface area (Å²) in [5, 5.41) is 20.2. The first-order valence-electron chi connectivity index (χ1n) is 11.5. The number of aliphatic carboxylic acids is 2. The second-order valence-corrected chi connectivity index (χ2v) is 9.99. The molecule has 8 nitrogen and oxygen atoms in total. The largest absolute Gasteiger partial charge is 0.481 e. The van der Waals surface area contributed by atoms with Gasteiger partial charge in [-0.25, -0.2) is 0 Å². The van der Waals surface area contributed by atoms with E-state index in [1.54, 1.807) is 13.8 Å². The average molecular weight is 468 g/mol. The Balaban J connectivity index is 0. The number of unbranched alkanes of at least 4 members (excludes halogenated alkanes) is 6. The van der Waals surface area contributed by atoms with Gasteiger partial charge in [0.2, 0.25) is 4.75 Å². The zero-order valence-electron chi connectivity index (χ0n) is 19.8. The molecule has 0 saturated heterocycles. The van der Waals surface area contributed by atoms with E-state index in [0.717, 1.165) is 38.5 Å². The molecule has 31 heavy (non-hydrogen) atoms. The van der Waals surface area contributed by atoms with E-state index in [-0.39, 0.29) is 19.0 Å². The van der Waals surface area contributed by atoms with E-state index in [9.17, 15) is 32.8 Å². The Hall–Kier alpha value is -1.19. The predicted molar refractivity (Wildman–Crippen MR) is 123 cm³/mol. The van der Waals surface area contributed by atoms with Gasteiger partial charge in [0.25, 0.3) is 10.1 Å². The van der Waals surface area contributed by atoms with Crippen LogP contribution in [0.2, 0.25) is 0 Å². The summed E-state index contributed by atoms with van der Waals surface area (Å²) < 4.78 is 32.7. The molecule has 0 bridgehead atoms. The number of carboxylic acid groups (broad SMARTS) is 2. The van der Waals surface area contributed by atoms with Gasteiger partial charge in [-0.1, -0.05) is 91.9 Å². The average Bonchev–Trinajstić information content (AvgIpc) is 2.66. The van der Waals surface area contributed by atoms with E-state index < -0.39 is 44.6 Å². The van der Waals surface area contributed by atoms with Crippen LogP contribution in [0.25, 0.3) is 0 Å². The molecule has 9 heteroatoms. The first-order valence-corrected chi connectivity index (χ1v) is 12.9. The molecule has 6 N–H and O–H groups in total. The highest BCUT2D eigenvalue weighted by molar-refractivity contribution is 7.88. The Morgan fingerprint density at radius 2 is 1.29 bits per heavy atom. The van der Waals surface area contributed by atoms with Gasteiger partial charge in [-0.2, -0.15) is 8.42 Å². The van der Waals surface area contributed by atoms with Gasteiger partial charge in [0.15, 0.2) is 0 Å². The van der Waals surface area contributed by atoms with Crippen molar-refractivity contribution in [1.82, 2.24) is 6.15 Å². The van der Waals surface area contributed by atoms with E-state index >= 15 is 0 Å². The molecule has 0 saturated carbocycles. The van der Waals surface area contributed by atoms with Crippen molar-refractivity contribution in [2.75, 3.05) is 0 Å². The van der Waals surface area contributed by atoms with Crippen molar-refractivity contribution in [3.05, 3.63) is 0 Å². The minimum absolute atomic E-state index is 0. The summed E-state index contributed by atoms with van der Waals surface area (Å²) in [5.74, 6) is -6.56.